The summed E-state index contributed by atoms with van der Waals surface area (Å²) in [7, 11) is 0. The van der Waals surface area contributed by atoms with Gasteiger partial charge in [0.1, 0.15) is 0 Å². The van der Waals surface area contributed by atoms with Crippen molar-refractivity contribution in [2.45, 2.75) is 206 Å². The van der Waals surface area contributed by atoms with Gasteiger partial charge < -0.3 is 21.3 Å². The molecule has 0 aliphatic carbocycles. The maximum atomic E-state index is 5.96. The highest BCUT2D eigenvalue weighted by Gasteiger charge is 2.07. The van der Waals surface area contributed by atoms with Crippen molar-refractivity contribution < 1.29 is 0 Å². The van der Waals surface area contributed by atoms with Crippen molar-refractivity contribution >= 4 is 0 Å². The number of hydrogen-bond donors (Lipinski definition) is 2. The number of unbranched alkanes of at least 4 members (excludes halogenated alkanes) is 25. The average molecular weight is 675 g/mol. The van der Waals surface area contributed by atoms with Gasteiger partial charge in [-0.25, -0.2) is 0 Å². The lowest BCUT2D eigenvalue weighted by atomic mass is 10.1. The molecule has 0 saturated carbocycles. The number of nitrogens with zero attached hydrogens (tertiary/aromatic N) is 2. The van der Waals surface area contributed by atoms with Gasteiger partial charge in [0.2, 0.25) is 0 Å². The minimum Gasteiger partial charge on any atom is -0.329 e. The molecule has 0 amide bonds. The Balaban J connectivity index is 3.71. The quantitative estimate of drug-likeness (QED) is 0.0500. The highest BCUT2D eigenvalue weighted by Crippen LogP contribution is 2.12. The van der Waals surface area contributed by atoms with Crippen LogP contribution in [0.25, 0.3) is 0 Å². The van der Waals surface area contributed by atoms with E-state index in [4.69, 9.17) is 11.5 Å². The Morgan fingerprint density at radius 1 is 0.292 bits per heavy atom. The molecule has 0 bridgehead atoms. The summed E-state index contributed by atoms with van der Waals surface area (Å²) in [5.74, 6) is 0. The molecule has 286 valence electrons. The molecule has 0 spiro atoms. The van der Waals surface area contributed by atoms with Crippen LogP contribution in [0.3, 0.4) is 0 Å². The second kappa shape index (κ2) is 42.5. The Hall–Kier alpha value is -0.680. The summed E-state index contributed by atoms with van der Waals surface area (Å²) in [4.78, 5) is 5.24. The van der Waals surface area contributed by atoms with E-state index in [-0.39, 0.29) is 0 Å². The molecule has 0 fully saturated rings. The zero-order valence-electron chi connectivity index (χ0n) is 33.2. The lowest BCUT2D eigenvalue weighted by molar-refractivity contribution is 0.241. The molecule has 0 aromatic heterocycles. The smallest absolute Gasteiger partial charge is 0.0105 e. The van der Waals surface area contributed by atoms with E-state index in [1.165, 1.54) is 219 Å². The van der Waals surface area contributed by atoms with E-state index >= 15 is 0 Å². The minimum atomic E-state index is 0.779. The molecule has 0 unspecified atom stereocenters. The zero-order valence-corrected chi connectivity index (χ0v) is 33.2. The van der Waals surface area contributed by atoms with Crippen molar-refractivity contribution in [1.29, 1.82) is 0 Å². The molecule has 0 aromatic carbocycles. The fourth-order valence-corrected chi connectivity index (χ4v) is 6.87. The Morgan fingerprint density at radius 3 is 0.792 bits per heavy atom. The first-order chi connectivity index (χ1) is 23.8. The van der Waals surface area contributed by atoms with Gasteiger partial charge in [-0.15, -0.1) is 0 Å². The predicted molar refractivity (Wildman–Crippen MR) is 219 cm³/mol. The zero-order chi connectivity index (χ0) is 34.9. The maximum absolute atomic E-state index is 5.96. The van der Waals surface area contributed by atoms with Crippen molar-refractivity contribution in [3.63, 3.8) is 0 Å². The van der Waals surface area contributed by atoms with Gasteiger partial charge in [-0.3, -0.25) is 0 Å². The topological polar surface area (TPSA) is 58.5 Å². The van der Waals surface area contributed by atoms with Gasteiger partial charge >= 0.3 is 0 Å². The van der Waals surface area contributed by atoms with Gasteiger partial charge in [0.25, 0.3) is 0 Å². The van der Waals surface area contributed by atoms with Crippen molar-refractivity contribution in [2.24, 2.45) is 11.5 Å². The molecule has 0 rings (SSSR count). The van der Waals surface area contributed by atoms with Gasteiger partial charge in [-0.1, -0.05) is 154 Å². The van der Waals surface area contributed by atoms with E-state index in [9.17, 15) is 0 Å². The number of allylic oxidation sites excluding steroid dienone is 4. The van der Waals surface area contributed by atoms with Crippen LogP contribution in [0.4, 0.5) is 0 Å². The monoisotopic (exact) mass is 675 g/mol. The lowest BCUT2D eigenvalue weighted by Gasteiger charge is -2.24. The van der Waals surface area contributed by atoms with Gasteiger partial charge in [0.05, 0.1) is 0 Å². The predicted octanol–water partition coefficient (Wildman–Crippen LogP) is 12.4. The lowest BCUT2D eigenvalue weighted by Crippen LogP contribution is -2.33. The molecular formula is C44H90N4. The van der Waals surface area contributed by atoms with E-state index in [1.807, 2.05) is 0 Å². The van der Waals surface area contributed by atoms with Crippen LogP contribution in [-0.4, -0.2) is 62.2 Å². The fourth-order valence-electron chi connectivity index (χ4n) is 6.87. The molecule has 4 heteroatoms. The summed E-state index contributed by atoms with van der Waals surface area (Å²) >= 11 is 0. The maximum Gasteiger partial charge on any atom is 0.0105 e. The number of hydrogen-bond acceptors (Lipinski definition) is 4. The van der Waals surface area contributed by atoms with Crippen LogP contribution >= 0.6 is 0 Å². The molecular weight excluding hydrogens is 585 g/mol. The van der Waals surface area contributed by atoms with E-state index in [0.717, 1.165) is 26.2 Å². The molecule has 4 N–H and O–H groups in total. The second-order valence-corrected chi connectivity index (χ2v) is 14.8. The largest absolute Gasteiger partial charge is 0.329 e. The van der Waals surface area contributed by atoms with Crippen LogP contribution < -0.4 is 11.5 Å². The van der Waals surface area contributed by atoms with Gasteiger partial charge in [0, 0.05) is 26.2 Å². The molecule has 0 atom stereocenters. The Labute approximate surface area is 303 Å². The van der Waals surface area contributed by atoms with Gasteiger partial charge in [-0.2, -0.15) is 0 Å². The van der Waals surface area contributed by atoms with Crippen LogP contribution in [-0.2, 0) is 0 Å². The van der Waals surface area contributed by atoms with Crippen LogP contribution in [0.5, 0.6) is 0 Å². The summed E-state index contributed by atoms with van der Waals surface area (Å²) in [5.41, 5.74) is 11.9. The highest BCUT2D eigenvalue weighted by atomic mass is 15.1. The molecule has 0 aliphatic heterocycles. The minimum absolute atomic E-state index is 0.779. The normalized spacial score (nSPS) is 12.2. The van der Waals surface area contributed by atoms with Gasteiger partial charge in [-0.05, 0) is 103 Å². The number of nitrogens with two attached hydrogens (primary N) is 2. The highest BCUT2D eigenvalue weighted by molar-refractivity contribution is 4.82. The van der Waals surface area contributed by atoms with Crippen molar-refractivity contribution in [3.8, 4) is 0 Å². The average Bonchev–Trinajstić information content (AvgIpc) is 3.09. The third kappa shape index (κ3) is 38.1. The van der Waals surface area contributed by atoms with E-state index < -0.39 is 0 Å². The third-order valence-corrected chi connectivity index (χ3v) is 10.1. The van der Waals surface area contributed by atoms with Crippen molar-refractivity contribution in [1.82, 2.24) is 9.80 Å². The van der Waals surface area contributed by atoms with Crippen LogP contribution in [0.2, 0.25) is 0 Å². The first kappa shape index (κ1) is 47.3. The third-order valence-electron chi connectivity index (χ3n) is 10.1. The van der Waals surface area contributed by atoms with E-state index in [2.05, 4.69) is 48.0 Å². The summed E-state index contributed by atoms with van der Waals surface area (Å²) in [5, 5.41) is 0. The number of rotatable bonds is 41. The molecule has 0 heterocycles. The van der Waals surface area contributed by atoms with Crippen molar-refractivity contribution in [2.75, 3.05) is 52.4 Å². The summed E-state index contributed by atoms with van der Waals surface area (Å²) in [6.07, 6.45) is 50.7. The van der Waals surface area contributed by atoms with Crippen LogP contribution in [0.15, 0.2) is 24.3 Å². The second-order valence-electron chi connectivity index (χ2n) is 14.8. The van der Waals surface area contributed by atoms with Crippen molar-refractivity contribution in [3.05, 3.63) is 24.3 Å². The van der Waals surface area contributed by atoms with E-state index in [0.29, 0.717) is 0 Å². The van der Waals surface area contributed by atoms with E-state index in [1.54, 1.807) is 0 Å². The standard InChI is InChI=1S/C44H90N4/c1-3-5-7-9-11-13-15-17-19-21-23-25-27-29-31-33-39-47(43-37-45)41-35-36-42-48(44-38-46)40-34-32-30-28-26-24-22-20-18-16-14-12-10-8-6-4-2/h17-20H,3-16,21-46H2,1-2H3/b19-17+,20-18+. The van der Waals surface area contributed by atoms with Crippen LogP contribution in [0.1, 0.15) is 206 Å². The fraction of sp³-hybridized carbons (Fsp3) is 0.909. The molecule has 4 nitrogen and oxygen atoms in total. The first-order valence-corrected chi connectivity index (χ1v) is 21.9. The Morgan fingerprint density at radius 2 is 0.521 bits per heavy atom. The molecule has 48 heavy (non-hydrogen) atoms. The molecule has 0 aromatic rings. The Bertz CT molecular complexity index is 579. The first-order valence-electron chi connectivity index (χ1n) is 21.9. The summed E-state index contributed by atoms with van der Waals surface area (Å²) in [6, 6.07) is 0. The molecule has 0 aliphatic rings. The SMILES string of the molecule is CCCCCCCC/C=C/CCCCCCCCN(CCN)CCCCN(CCN)CCCCCCCC/C=C/CCCCCCCC. The Kier molecular flexibility index (Phi) is 41.9. The molecule has 0 radical (unpaired) electrons. The summed E-state index contributed by atoms with van der Waals surface area (Å²) < 4.78 is 0. The van der Waals surface area contributed by atoms with Crippen LogP contribution in [0, 0.1) is 0 Å². The molecule has 0 saturated heterocycles. The van der Waals surface area contributed by atoms with Gasteiger partial charge in [0.15, 0.2) is 0 Å². The summed E-state index contributed by atoms with van der Waals surface area (Å²) in [6.45, 7) is 13.1.